The number of carbonyl (C=O) groups is 2. The third kappa shape index (κ3) is 3.40. The molecule has 6 heteroatoms. The van der Waals surface area contributed by atoms with E-state index in [0.29, 0.717) is 6.42 Å². The summed E-state index contributed by atoms with van der Waals surface area (Å²) in [6, 6.07) is -0.865. The molecule has 0 aliphatic carbocycles. The maximum Gasteiger partial charge on any atom is 1.00 e. The second kappa shape index (κ2) is 6.33. The summed E-state index contributed by atoms with van der Waals surface area (Å²) in [4.78, 5) is 25.9. The molecule has 0 aromatic carbocycles. The molecule has 0 radical (unpaired) electrons. The first-order valence-corrected chi connectivity index (χ1v) is 5.17. The molecule has 0 fully saturated rings. The predicted octanol–water partition coefficient (Wildman–Crippen LogP) is -2.25. The fourth-order valence-electron chi connectivity index (χ4n) is 1.56. The minimum Gasteiger partial charge on any atom is -0.861 e. The fraction of sp³-hybridized carbons (Fsp3) is 0.545. The van der Waals surface area contributed by atoms with Crippen molar-refractivity contribution in [1.82, 2.24) is 5.32 Å². The van der Waals surface area contributed by atoms with Crippen LogP contribution in [0.1, 0.15) is 33.6 Å². The van der Waals surface area contributed by atoms with Crippen LogP contribution in [0.15, 0.2) is 16.6 Å². The van der Waals surface area contributed by atoms with Crippen LogP contribution in [-0.4, -0.2) is 17.8 Å². The molecule has 0 bridgehead atoms. The van der Waals surface area contributed by atoms with Crippen LogP contribution in [0.5, 0.6) is 0 Å². The van der Waals surface area contributed by atoms with Crippen molar-refractivity contribution in [3.8, 4) is 0 Å². The largest absolute Gasteiger partial charge is 1.00 e. The molecule has 5 nitrogen and oxygen atoms in total. The Kier molecular flexibility index (Phi) is 6.09. The standard InChI is InChI=1S/C11H16N2O3.Na/c1-4-11(6-5-7(2)3)8(14)12-10(16)13-9(11)15;/h5H,4,6H2,1-3H3,(H2,12,13,14,15,16);/q;+1/p-1. The molecule has 1 atom stereocenters. The van der Waals surface area contributed by atoms with Crippen molar-refractivity contribution in [3.63, 3.8) is 0 Å². The minimum absolute atomic E-state index is 0. The first kappa shape index (κ1) is 16.4. The van der Waals surface area contributed by atoms with E-state index in [1.807, 2.05) is 19.9 Å². The van der Waals surface area contributed by atoms with Crippen LogP contribution in [-0.2, 0) is 4.79 Å². The van der Waals surface area contributed by atoms with Gasteiger partial charge in [-0.3, -0.25) is 10.1 Å². The Labute approximate surface area is 123 Å². The van der Waals surface area contributed by atoms with Crippen LogP contribution in [0.3, 0.4) is 0 Å². The molecule has 0 aromatic rings. The number of urea groups is 1. The zero-order valence-electron chi connectivity index (χ0n) is 10.7. The molecule has 0 spiro atoms. The summed E-state index contributed by atoms with van der Waals surface area (Å²) in [5, 5.41) is 13.8. The van der Waals surface area contributed by atoms with Crippen molar-refractivity contribution in [3.05, 3.63) is 11.6 Å². The number of nitrogens with zero attached hydrogens (tertiary/aromatic N) is 1. The molecule has 1 rings (SSSR count). The van der Waals surface area contributed by atoms with Crippen molar-refractivity contribution < 1.29 is 44.3 Å². The molecule has 0 saturated heterocycles. The number of rotatable bonds is 3. The van der Waals surface area contributed by atoms with E-state index in [2.05, 4.69) is 10.3 Å². The van der Waals surface area contributed by atoms with E-state index in [0.717, 1.165) is 5.57 Å². The van der Waals surface area contributed by atoms with Crippen molar-refractivity contribution in [2.24, 2.45) is 10.4 Å². The van der Waals surface area contributed by atoms with E-state index in [-0.39, 0.29) is 36.0 Å². The van der Waals surface area contributed by atoms with Gasteiger partial charge in [-0.05, 0) is 32.6 Å². The number of allylic oxidation sites excluding steroid dienone is 2. The Balaban J connectivity index is 0.00000256. The first-order chi connectivity index (χ1) is 7.42. The maximum absolute atomic E-state index is 11.7. The van der Waals surface area contributed by atoms with Crippen molar-refractivity contribution in [2.45, 2.75) is 33.6 Å². The van der Waals surface area contributed by atoms with E-state index in [1.54, 1.807) is 6.92 Å². The van der Waals surface area contributed by atoms with Gasteiger partial charge in [0.1, 0.15) is 0 Å². The summed E-state index contributed by atoms with van der Waals surface area (Å²) in [7, 11) is 0. The normalized spacial score (nSPS) is 23.4. The van der Waals surface area contributed by atoms with Gasteiger partial charge < -0.3 is 5.11 Å². The van der Waals surface area contributed by atoms with E-state index < -0.39 is 23.3 Å². The monoisotopic (exact) mass is 246 g/mol. The SMILES string of the molecule is CCC1(CC=C(C)C)C(=O)NC(=O)N=C1[O-].[Na+]. The number of aliphatic imine (C=N–C) groups is 1. The van der Waals surface area contributed by atoms with E-state index >= 15 is 0 Å². The van der Waals surface area contributed by atoms with Gasteiger partial charge >= 0.3 is 35.6 Å². The Morgan fingerprint density at radius 2 is 2.06 bits per heavy atom. The van der Waals surface area contributed by atoms with Gasteiger partial charge in [0.2, 0.25) is 5.91 Å². The van der Waals surface area contributed by atoms with Crippen LogP contribution in [0, 0.1) is 5.41 Å². The Morgan fingerprint density at radius 3 is 2.47 bits per heavy atom. The number of imide groups is 1. The topological polar surface area (TPSA) is 81.6 Å². The van der Waals surface area contributed by atoms with Crippen LogP contribution in [0.2, 0.25) is 0 Å². The van der Waals surface area contributed by atoms with Crippen molar-refractivity contribution in [1.29, 1.82) is 0 Å². The minimum atomic E-state index is -1.20. The van der Waals surface area contributed by atoms with Crippen molar-refractivity contribution >= 4 is 17.8 Å². The van der Waals surface area contributed by atoms with Crippen molar-refractivity contribution in [2.75, 3.05) is 0 Å². The fourth-order valence-corrected chi connectivity index (χ4v) is 1.56. The van der Waals surface area contributed by atoms with E-state index in [1.165, 1.54) is 0 Å². The van der Waals surface area contributed by atoms with Crippen LogP contribution in [0.4, 0.5) is 4.79 Å². The maximum atomic E-state index is 11.7. The van der Waals surface area contributed by atoms with Gasteiger partial charge in [0.05, 0.1) is 5.41 Å². The van der Waals surface area contributed by atoms with Gasteiger partial charge in [-0.15, -0.1) is 0 Å². The summed E-state index contributed by atoms with van der Waals surface area (Å²) >= 11 is 0. The molecule has 0 aromatic heterocycles. The molecule has 1 unspecified atom stereocenters. The third-order valence-electron chi connectivity index (χ3n) is 2.73. The molecular weight excluding hydrogens is 231 g/mol. The molecular formula is C11H15N2NaO3. The molecule has 1 aliphatic heterocycles. The second-order valence-electron chi connectivity index (χ2n) is 4.10. The van der Waals surface area contributed by atoms with Gasteiger partial charge in [-0.2, -0.15) is 0 Å². The van der Waals surface area contributed by atoms with Crippen LogP contribution < -0.4 is 40.0 Å². The summed E-state index contributed by atoms with van der Waals surface area (Å²) in [6.07, 6.45) is 2.43. The average molecular weight is 246 g/mol. The third-order valence-corrected chi connectivity index (χ3v) is 2.73. The Bertz CT molecular complexity index is 386. The van der Waals surface area contributed by atoms with Gasteiger partial charge in [-0.1, -0.05) is 18.6 Å². The number of nitrogens with one attached hydrogen (secondary N) is 1. The summed E-state index contributed by atoms with van der Waals surface area (Å²) in [5.41, 5.74) is -0.184. The van der Waals surface area contributed by atoms with Gasteiger partial charge in [0.15, 0.2) is 0 Å². The summed E-state index contributed by atoms with van der Waals surface area (Å²) in [6.45, 7) is 5.51. The molecule has 17 heavy (non-hydrogen) atoms. The smallest absolute Gasteiger partial charge is 0.861 e. The second-order valence-corrected chi connectivity index (χ2v) is 4.10. The molecule has 1 heterocycles. The number of amides is 3. The molecule has 1 N–H and O–H groups in total. The quantitative estimate of drug-likeness (QED) is 0.451. The van der Waals surface area contributed by atoms with Gasteiger partial charge in [0, 0.05) is 0 Å². The Hall–Kier alpha value is -0.650. The van der Waals surface area contributed by atoms with Gasteiger partial charge in [0.25, 0.3) is 0 Å². The molecule has 1 aliphatic rings. The van der Waals surface area contributed by atoms with E-state index in [9.17, 15) is 14.7 Å². The number of hydrogen-bond acceptors (Lipinski definition) is 3. The number of carbonyl (C=O) groups excluding carboxylic acids is 2. The zero-order valence-corrected chi connectivity index (χ0v) is 12.7. The summed E-state index contributed by atoms with van der Waals surface area (Å²) in [5.74, 6) is -1.18. The number of hydrogen-bond donors (Lipinski definition) is 1. The zero-order chi connectivity index (χ0) is 12.3. The predicted molar refractivity (Wildman–Crippen MR) is 57.7 cm³/mol. The van der Waals surface area contributed by atoms with Crippen LogP contribution in [0.25, 0.3) is 0 Å². The average Bonchev–Trinajstić information content (AvgIpc) is 2.17. The molecule has 88 valence electrons. The first-order valence-electron chi connectivity index (χ1n) is 5.17. The van der Waals surface area contributed by atoms with Crippen LogP contribution >= 0.6 is 0 Å². The van der Waals surface area contributed by atoms with Gasteiger partial charge in [-0.25, -0.2) is 9.79 Å². The van der Waals surface area contributed by atoms with E-state index in [4.69, 9.17) is 0 Å². The Morgan fingerprint density at radius 1 is 1.47 bits per heavy atom. The molecule has 3 amide bonds. The molecule has 0 saturated carbocycles. The summed E-state index contributed by atoms with van der Waals surface area (Å²) < 4.78 is 0.